The van der Waals surface area contributed by atoms with Gasteiger partial charge in [0.2, 0.25) is 0 Å². The van der Waals surface area contributed by atoms with Crippen LogP contribution in [0.5, 0.6) is 0 Å². The molecule has 0 heterocycles. The minimum absolute atomic E-state index is 0. The molecule has 0 aromatic carbocycles. The number of rotatable bonds is 0. The predicted octanol–water partition coefficient (Wildman–Crippen LogP) is -1.46. The zero-order valence-electron chi connectivity index (χ0n) is 3.92. The Morgan fingerprint density at radius 1 is 0.778 bits per heavy atom. The van der Waals surface area contributed by atoms with Gasteiger partial charge in [0, 0.05) is 0 Å². The number of hydrogen-bond acceptors (Lipinski definition) is 2. The second-order valence-electron chi connectivity index (χ2n) is 0.461. The molecular weight excluding hydrogens is 176 g/mol. The molecule has 0 rings (SSSR count). The molecule has 0 spiro atoms. The molecule has 0 atom stereocenters. The van der Waals surface area contributed by atoms with Crippen LogP contribution in [0.3, 0.4) is 0 Å². The van der Waals surface area contributed by atoms with Crippen molar-refractivity contribution in [2.45, 2.75) is 0 Å². The summed E-state index contributed by atoms with van der Waals surface area (Å²) in [6.07, 6.45) is 0. The quantitative estimate of drug-likeness (QED) is 0.336. The summed E-state index contributed by atoms with van der Waals surface area (Å²) < 4.78 is 45.7. The van der Waals surface area contributed by atoms with Crippen LogP contribution in [0.25, 0.3) is 0 Å². The van der Waals surface area contributed by atoms with E-state index in [-0.39, 0.29) is 5.48 Å². The first-order chi connectivity index (χ1) is 3.46. The van der Waals surface area contributed by atoms with Crippen LogP contribution < -0.4 is 0 Å². The zero-order valence-corrected chi connectivity index (χ0v) is 5.55. The minimum atomic E-state index is -2.61. The van der Waals surface area contributed by atoms with E-state index in [1.807, 2.05) is 0 Å². The van der Waals surface area contributed by atoms with Gasteiger partial charge in [-0.2, -0.15) is 8.42 Å². The molecule has 0 radical (unpaired) electrons. The maximum atomic E-state index is 8.67. The first kappa shape index (κ1) is 16.0. The Morgan fingerprint density at radius 2 is 0.778 bits per heavy atom. The third-order valence-corrected chi connectivity index (χ3v) is 0. The van der Waals surface area contributed by atoms with Gasteiger partial charge in [-0.25, -0.2) is 0 Å². The molecule has 0 aromatic heterocycles. The number of hydrogen-bond donors (Lipinski definition) is 4. The summed E-state index contributed by atoms with van der Waals surface area (Å²) in [7, 11) is 0. The van der Waals surface area contributed by atoms with Crippen molar-refractivity contribution in [2.75, 3.05) is 0 Å². The molecule has 7 nitrogen and oxygen atoms in total. The molecule has 9 heteroatoms. The minimum Gasteiger partial charge on any atom is -0.412 e. The first-order valence-corrected chi connectivity index (χ1v) is 3.19. The van der Waals surface area contributed by atoms with E-state index in [0.29, 0.717) is 0 Å². The summed E-state index contributed by atoms with van der Waals surface area (Å²) in [6.45, 7) is 0. The third kappa shape index (κ3) is 30100. The van der Waals surface area contributed by atoms with Crippen LogP contribution >= 0.6 is 0 Å². The second-order valence-corrected chi connectivity index (χ2v) is 1.38. The van der Waals surface area contributed by atoms with Crippen molar-refractivity contribution in [3.8, 4) is 0 Å². The van der Waals surface area contributed by atoms with Gasteiger partial charge in [-0.15, -0.1) is 0 Å². The molecule has 9 heavy (non-hydrogen) atoms. The van der Waals surface area contributed by atoms with E-state index in [2.05, 4.69) is 0 Å². The van der Waals surface area contributed by atoms with Crippen molar-refractivity contribution >= 4 is 22.7 Å². The second kappa shape index (κ2) is 11.0. The normalized spacial score (nSPS) is 7.78. The molecule has 0 unspecified atom stereocenters. The maximum absolute atomic E-state index is 8.67. The first-order valence-electron chi connectivity index (χ1n) is 1.06. The smallest absolute Gasteiger partial charge is 0.299 e. The Hall–Kier alpha value is 0.1000. The molecule has 0 saturated heterocycles. The van der Waals surface area contributed by atoms with Crippen LogP contribution in [-0.4, -0.2) is 32.1 Å². The van der Waals surface area contributed by atoms with E-state index >= 15 is 0 Å². The molecule has 0 aliphatic heterocycles. The Balaban J connectivity index is -0.0000000720. The van der Waals surface area contributed by atoms with Gasteiger partial charge in [0.25, 0.3) is 22.7 Å². The fourth-order valence-corrected chi connectivity index (χ4v) is 0. The van der Waals surface area contributed by atoms with Gasteiger partial charge in [0.05, 0.1) is 0 Å². The SMILES string of the molecule is O.O=S(O)O.O=S(O)O. The summed E-state index contributed by atoms with van der Waals surface area (Å²) in [5.74, 6) is 0. The van der Waals surface area contributed by atoms with E-state index < -0.39 is 22.7 Å². The van der Waals surface area contributed by atoms with Gasteiger partial charge in [-0.1, -0.05) is 0 Å². The van der Waals surface area contributed by atoms with Gasteiger partial charge in [0.1, 0.15) is 0 Å². The molecule has 60 valence electrons. The van der Waals surface area contributed by atoms with E-state index in [1.54, 1.807) is 0 Å². The van der Waals surface area contributed by atoms with Gasteiger partial charge < -0.3 is 5.48 Å². The fourth-order valence-electron chi connectivity index (χ4n) is 0. The van der Waals surface area contributed by atoms with Crippen LogP contribution in [-0.2, 0) is 22.7 Å². The van der Waals surface area contributed by atoms with Gasteiger partial charge in [0.15, 0.2) is 0 Å². The van der Waals surface area contributed by atoms with Crippen molar-refractivity contribution in [3.05, 3.63) is 0 Å². The van der Waals surface area contributed by atoms with E-state index in [1.165, 1.54) is 0 Å². The lowest BCUT2D eigenvalue weighted by molar-refractivity contribution is 0.452. The zero-order chi connectivity index (χ0) is 7.15. The topological polar surface area (TPSA) is 147 Å². The highest BCUT2D eigenvalue weighted by Crippen LogP contribution is 1.44. The van der Waals surface area contributed by atoms with Crippen molar-refractivity contribution in [2.24, 2.45) is 0 Å². The summed E-state index contributed by atoms with van der Waals surface area (Å²) in [6, 6.07) is 0. The molecule has 0 bridgehead atoms. The predicted molar refractivity (Wildman–Crippen MR) is 30.4 cm³/mol. The van der Waals surface area contributed by atoms with Crippen molar-refractivity contribution in [3.63, 3.8) is 0 Å². The molecule has 0 amide bonds. The monoisotopic (exact) mass is 182 g/mol. The summed E-state index contributed by atoms with van der Waals surface area (Å²) >= 11 is -5.22. The third-order valence-electron chi connectivity index (χ3n) is 0. The Labute approximate surface area is 55.6 Å². The van der Waals surface area contributed by atoms with Crippen LogP contribution in [0.15, 0.2) is 0 Å². The van der Waals surface area contributed by atoms with Crippen molar-refractivity contribution < 1.29 is 32.1 Å². The van der Waals surface area contributed by atoms with Gasteiger partial charge in [-0.05, 0) is 0 Å². The lowest BCUT2D eigenvalue weighted by atomic mass is 15.8. The summed E-state index contributed by atoms with van der Waals surface area (Å²) in [5, 5.41) is 0. The van der Waals surface area contributed by atoms with Crippen LogP contribution in [0.1, 0.15) is 0 Å². The van der Waals surface area contributed by atoms with Crippen LogP contribution in [0.2, 0.25) is 0 Å². The van der Waals surface area contributed by atoms with E-state index in [4.69, 9.17) is 26.6 Å². The van der Waals surface area contributed by atoms with Crippen molar-refractivity contribution in [1.82, 2.24) is 0 Å². The fraction of sp³-hybridized carbons (Fsp3) is 0. The average Bonchev–Trinajstić information content (AvgIpc) is 1.25. The molecule has 0 aromatic rings. The maximum Gasteiger partial charge on any atom is 0.299 e. The summed E-state index contributed by atoms with van der Waals surface area (Å²) in [4.78, 5) is 0. The molecular formula is H6O7S2. The molecule has 0 fully saturated rings. The molecule has 6 N–H and O–H groups in total. The largest absolute Gasteiger partial charge is 0.412 e. The average molecular weight is 182 g/mol. The highest BCUT2D eigenvalue weighted by atomic mass is 32.2. The Bertz CT molecular complexity index is 64.9. The standard InChI is InChI=1S/2H2O3S.H2O/c2*1-4(2)3;/h2*(H2,1,2,3);1H2. The molecule has 0 aliphatic carbocycles. The van der Waals surface area contributed by atoms with Crippen LogP contribution in [0.4, 0.5) is 0 Å². The van der Waals surface area contributed by atoms with Gasteiger partial charge >= 0.3 is 0 Å². The highest BCUT2D eigenvalue weighted by molar-refractivity contribution is 7.73. The Kier molecular flexibility index (Phi) is 19.6. The van der Waals surface area contributed by atoms with Crippen molar-refractivity contribution in [1.29, 1.82) is 0 Å². The van der Waals surface area contributed by atoms with E-state index in [9.17, 15) is 0 Å². The van der Waals surface area contributed by atoms with Gasteiger partial charge in [-0.3, -0.25) is 18.2 Å². The summed E-state index contributed by atoms with van der Waals surface area (Å²) in [5.41, 5.74) is 0. The molecule has 0 aliphatic rings. The Morgan fingerprint density at radius 3 is 0.778 bits per heavy atom. The van der Waals surface area contributed by atoms with Crippen LogP contribution in [0, 0.1) is 0 Å². The lowest BCUT2D eigenvalue weighted by Crippen LogP contribution is -1.74. The lowest BCUT2D eigenvalue weighted by Gasteiger charge is -1.59. The highest BCUT2D eigenvalue weighted by Gasteiger charge is 1.63. The molecule has 0 saturated carbocycles. The van der Waals surface area contributed by atoms with E-state index in [0.717, 1.165) is 0 Å².